The number of rotatable bonds is 6. The van der Waals surface area contributed by atoms with Crippen LogP contribution in [0.4, 0.5) is 0 Å². The molecule has 1 aromatic carbocycles. The van der Waals surface area contributed by atoms with Gasteiger partial charge in [0.1, 0.15) is 5.76 Å². The molecule has 0 bridgehead atoms. The summed E-state index contributed by atoms with van der Waals surface area (Å²) in [4.78, 5) is 4.27. The van der Waals surface area contributed by atoms with Crippen LogP contribution in [0.15, 0.2) is 52.1 Å². The molecule has 0 aliphatic heterocycles. The van der Waals surface area contributed by atoms with Crippen LogP contribution in [0.2, 0.25) is 0 Å². The summed E-state index contributed by atoms with van der Waals surface area (Å²) >= 11 is 0. The topological polar surface area (TPSA) is 49.6 Å². The smallest absolute Gasteiger partial charge is 0.191 e. The van der Waals surface area contributed by atoms with Crippen LogP contribution in [0.3, 0.4) is 0 Å². The van der Waals surface area contributed by atoms with E-state index in [2.05, 4.69) is 53.7 Å². The summed E-state index contributed by atoms with van der Waals surface area (Å²) in [6.07, 6.45) is 3.61. The zero-order valence-electron chi connectivity index (χ0n) is 14.0. The van der Waals surface area contributed by atoms with E-state index in [9.17, 15) is 0 Å². The summed E-state index contributed by atoms with van der Waals surface area (Å²) in [6, 6.07) is 12.8. The van der Waals surface area contributed by atoms with Crippen molar-refractivity contribution in [1.82, 2.24) is 10.6 Å². The van der Waals surface area contributed by atoms with E-state index in [4.69, 9.17) is 4.42 Å². The van der Waals surface area contributed by atoms with Gasteiger partial charge in [0.25, 0.3) is 0 Å². The minimum Gasteiger partial charge on any atom is -0.469 e. The lowest BCUT2D eigenvalue weighted by molar-refractivity contribution is 0.506. The van der Waals surface area contributed by atoms with E-state index < -0.39 is 0 Å². The third-order valence-corrected chi connectivity index (χ3v) is 3.71. The minimum atomic E-state index is 0. The predicted molar refractivity (Wildman–Crippen MR) is 107 cm³/mol. The van der Waals surface area contributed by atoms with Gasteiger partial charge < -0.3 is 15.1 Å². The number of hydrogen-bond acceptors (Lipinski definition) is 2. The van der Waals surface area contributed by atoms with Crippen molar-refractivity contribution in [2.24, 2.45) is 4.99 Å². The molecule has 0 radical (unpaired) electrons. The van der Waals surface area contributed by atoms with Gasteiger partial charge in [-0.2, -0.15) is 0 Å². The van der Waals surface area contributed by atoms with Crippen LogP contribution in [-0.4, -0.2) is 19.6 Å². The second-order valence-electron chi connectivity index (χ2n) is 5.29. The van der Waals surface area contributed by atoms with Crippen molar-refractivity contribution in [1.29, 1.82) is 0 Å². The molecule has 2 rings (SSSR count). The van der Waals surface area contributed by atoms with Gasteiger partial charge in [0, 0.05) is 20.0 Å². The molecule has 0 saturated heterocycles. The van der Waals surface area contributed by atoms with Gasteiger partial charge in [0.15, 0.2) is 5.96 Å². The molecule has 0 spiro atoms. The first-order valence-corrected chi connectivity index (χ1v) is 7.81. The van der Waals surface area contributed by atoms with Crippen LogP contribution in [0.5, 0.6) is 0 Å². The molecule has 4 nitrogen and oxygen atoms in total. The Hall–Kier alpha value is -1.50. The third kappa shape index (κ3) is 6.25. The van der Waals surface area contributed by atoms with E-state index in [1.54, 1.807) is 13.3 Å². The lowest BCUT2D eigenvalue weighted by atomic mass is 10.1. The van der Waals surface area contributed by atoms with Crippen molar-refractivity contribution in [2.45, 2.75) is 32.7 Å². The van der Waals surface area contributed by atoms with E-state index in [0.29, 0.717) is 0 Å². The maximum atomic E-state index is 5.32. The Kier molecular flexibility index (Phi) is 8.76. The highest BCUT2D eigenvalue weighted by molar-refractivity contribution is 14.0. The van der Waals surface area contributed by atoms with Crippen molar-refractivity contribution < 1.29 is 4.42 Å². The molecule has 1 unspecified atom stereocenters. The Morgan fingerprint density at radius 1 is 1.22 bits per heavy atom. The maximum Gasteiger partial charge on any atom is 0.191 e. The second kappa shape index (κ2) is 10.3. The number of hydrogen-bond donors (Lipinski definition) is 2. The summed E-state index contributed by atoms with van der Waals surface area (Å²) in [5, 5.41) is 6.72. The lowest BCUT2D eigenvalue weighted by Gasteiger charge is -2.18. The van der Waals surface area contributed by atoms with Gasteiger partial charge in [0.05, 0.1) is 12.3 Å². The first-order chi connectivity index (χ1) is 10.7. The lowest BCUT2D eigenvalue weighted by Crippen LogP contribution is -2.39. The molecule has 0 aliphatic carbocycles. The largest absolute Gasteiger partial charge is 0.469 e. The molecule has 0 saturated carbocycles. The number of halogens is 1. The van der Waals surface area contributed by atoms with Crippen molar-refractivity contribution in [2.75, 3.05) is 13.6 Å². The summed E-state index contributed by atoms with van der Waals surface area (Å²) < 4.78 is 5.32. The number of aryl methyl sites for hydroxylation is 1. The Balaban J connectivity index is 0.00000264. The Bertz CT molecular complexity index is 579. The number of nitrogens with zero attached hydrogens (tertiary/aromatic N) is 1. The van der Waals surface area contributed by atoms with E-state index in [0.717, 1.165) is 31.1 Å². The summed E-state index contributed by atoms with van der Waals surface area (Å²) in [5.74, 6) is 1.78. The zero-order valence-corrected chi connectivity index (χ0v) is 16.3. The van der Waals surface area contributed by atoms with Gasteiger partial charge in [-0.15, -0.1) is 24.0 Å². The van der Waals surface area contributed by atoms with Crippen LogP contribution >= 0.6 is 24.0 Å². The van der Waals surface area contributed by atoms with Crippen LogP contribution in [0, 0.1) is 0 Å². The maximum absolute atomic E-state index is 5.32. The Morgan fingerprint density at radius 2 is 1.96 bits per heavy atom. The van der Waals surface area contributed by atoms with Crippen molar-refractivity contribution in [3.63, 3.8) is 0 Å². The molecule has 2 N–H and O–H groups in total. The second-order valence-corrected chi connectivity index (χ2v) is 5.29. The molecule has 1 aromatic heterocycles. The molecular weight excluding hydrogens is 401 g/mol. The molecule has 0 aliphatic rings. The Morgan fingerprint density at radius 3 is 2.52 bits per heavy atom. The van der Waals surface area contributed by atoms with E-state index in [-0.39, 0.29) is 30.0 Å². The van der Waals surface area contributed by atoms with Crippen LogP contribution < -0.4 is 10.6 Å². The highest BCUT2D eigenvalue weighted by Gasteiger charge is 2.07. The molecule has 0 amide bonds. The number of guanidine groups is 1. The van der Waals surface area contributed by atoms with Crippen LogP contribution in [-0.2, 0) is 12.8 Å². The van der Waals surface area contributed by atoms with Gasteiger partial charge >= 0.3 is 0 Å². The summed E-state index contributed by atoms with van der Waals surface area (Å²) in [7, 11) is 1.79. The highest BCUT2D eigenvalue weighted by Crippen LogP contribution is 2.13. The quantitative estimate of drug-likeness (QED) is 0.417. The molecule has 1 heterocycles. The number of aliphatic imine (C=N–C) groups is 1. The molecule has 126 valence electrons. The van der Waals surface area contributed by atoms with Crippen molar-refractivity contribution in [3.05, 3.63) is 59.5 Å². The predicted octanol–water partition coefficient (Wildman–Crippen LogP) is 3.93. The highest BCUT2D eigenvalue weighted by atomic mass is 127. The average Bonchev–Trinajstić information content (AvgIpc) is 3.07. The fraction of sp³-hybridized carbons (Fsp3) is 0.389. The summed E-state index contributed by atoms with van der Waals surface area (Å²) in [5.41, 5.74) is 2.61. The van der Waals surface area contributed by atoms with Gasteiger partial charge in [-0.1, -0.05) is 31.2 Å². The molecule has 1 atom stereocenters. The van der Waals surface area contributed by atoms with Gasteiger partial charge in [-0.3, -0.25) is 4.99 Å². The summed E-state index contributed by atoms with van der Waals surface area (Å²) in [6.45, 7) is 5.09. The van der Waals surface area contributed by atoms with Crippen molar-refractivity contribution >= 4 is 29.9 Å². The van der Waals surface area contributed by atoms with E-state index in [1.165, 1.54) is 11.1 Å². The van der Waals surface area contributed by atoms with Gasteiger partial charge in [-0.05, 0) is 36.6 Å². The number of benzene rings is 1. The third-order valence-electron chi connectivity index (χ3n) is 3.71. The van der Waals surface area contributed by atoms with Crippen molar-refractivity contribution in [3.8, 4) is 0 Å². The van der Waals surface area contributed by atoms with Crippen LogP contribution in [0.1, 0.15) is 36.8 Å². The average molecular weight is 427 g/mol. The van der Waals surface area contributed by atoms with E-state index >= 15 is 0 Å². The minimum absolute atomic E-state index is 0. The molecule has 5 heteroatoms. The first-order valence-electron chi connectivity index (χ1n) is 7.81. The molecular formula is C18H26IN3O. The van der Waals surface area contributed by atoms with Gasteiger partial charge in [0.2, 0.25) is 0 Å². The molecule has 2 aromatic rings. The van der Waals surface area contributed by atoms with Gasteiger partial charge in [-0.25, -0.2) is 0 Å². The first kappa shape index (κ1) is 19.5. The Labute approximate surface area is 155 Å². The fourth-order valence-electron chi connectivity index (χ4n) is 2.28. The van der Waals surface area contributed by atoms with Crippen LogP contribution in [0.25, 0.3) is 0 Å². The van der Waals surface area contributed by atoms with E-state index in [1.807, 2.05) is 12.1 Å². The molecule has 23 heavy (non-hydrogen) atoms. The zero-order chi connectivity index (χ0) is 15.8. The number of nitrogens with one attached hydrogen (secondary N) is 2. The number of furan rings is 1. The fourth-order valence-corrected chi connectivity index (χ4v) is 2.28. The molecule has 0 fully saturated rings. The SMILES string of the molecule is CCc1ccc(C(C)NC(=NC)NCCc2ccco2)cc1.I. The monoisotopic (exact) mass is 427 g/mol. The standard InChI is InChI=1S/C18H25N3O.HI/c1-4-15-7-9-16(10-8-15)14(2)21-18(19-3)20-12-11-17-6-5-13-22-17;/h5-10,13-14H,4,11-12H2,1-3H3,(H2,19,20,21);1H. The normalized spacial score (nSPS) is 12.4.